The third kappa shape index (κ3) is 5.28. The zero-order valence-corrected chi connectivity index (χ0v) is 12.6. The van der Waals surface area contributed by atoms with Crippen LogP contribution in [0.5, 0.6) is 0 Å². The Morgan fingerprint density at radius 1 is 1.43 bits per heavy atom. The predicted molar refractivity (Wildman–Crippen MR) is 80.4 cm³/mol. The van der Waals surface area contributed by atoms with Crippen molar-refractivity contribution in [3.05, 3.63) is 18.0 Å². The number of hydrogen-bond acceptors (Lipinski definition) is 6. The normalized spacial score (nSPS) is 18.0. The first kappa shape index (κ1) is 15.7. The lowest BCUT2D eigenvalue weighted by Crippen LogP contribution is -2.31. The maximum atomic E-state index is 11.9. The number of nitrogens with one attached hydrogen (secondary N) is 2. The molecule has 21 heavy (non-hydrogen) atoms. The Kier molecular flexibility index (Phi) is 5.89. The molecule has 0 saturated carbocycles. The highest BCUT2D eigenvalue weighted by Gasteiger charge is 2.16. The fourth-order valence-electron chi connectivity index (χ4n) is 2.04. The number of aromatic nitrogens is 2. The standard InChI is InChI=1S/C14H23N5O2/c1-19(2)6-5-15-14-17-8-11(9-18-14)13(20)16-10-12-4-3-7-21-12/h8-9,12H,3-7,10H2,1-2H3,(H,16,20)(H,15,17,18). The van der Waals surface area contributed by atoms with Crippen molar-refractivity contribution in [2.75, 3.05) is 45.7 Å². The van der Waals surface area contributed by atoms with Gasteiger partial charge in [0.15, 0.2) is 0 Å². The maximum Gasteiger partial charge on any atom is 0.254 e. The number of carbonyl (C=O) groups is 1. The van der Waals surface area contributed by atoms with Gasteiger partial charge < -0.3 is 20.3 Å². The van der Waals surface area contributed by atoms with E-state index in [1.807, 2.05) is 14.1 Å². The van der Waals surface area contributed by atoms with Crippen LogP contribution in [0.3, 0.4) is 0 Å². The Bertz CT molecular complexity index is 443. The monoisotopic (exact) mass is 293 g/mol. The Labute approximate surface area is 125 Å². The summed E-state index contributed by atoms with van der Waals surface area (Å²) in [7, 11) is 4.01. The summed E-state index contributed by atoms with van der Waals surface area (Å²) < 4.78 is 5.46. The molecule has 0 aromatic carbocycles. The van der Waals surface area contributed by atoms with Crippen LogP contribution in [0.1, 0.15) is 23.2 Å². The first-order valence-corrected chi connectivity index (χ1v) is 7.25. The lowest BCUT2D eigenvalue weighted by atomic mass is 10.2. The summed E-state index contributed by atoms with van der Waals surface area (Å²) >= 11 is 0. The van der Waals surface area contributed by atoms with Crippen LogP contribution >= 0.6 is 0 Å². The molecule has 1 amide bonds. The minimum absolute atomic E-state index is 0.141. The summed E-state index contributed by atoms with van der Waals surface area (Å²) in [5.74, 6) is 0.373. The molecule has 1 atom stereocenters. The zero-order valence-electron chi connectivity index (χ0n) is 12.6. The third-order valence-corrected chi connectivity index (χ3v) is 3.27. The van der Waals surface area contributed by atoms with Gasteiger partial charge in [-0.05, 0) is 26.9 Å². The summed E-state index contributed by atoms with van der Waals surface area (Å²) in [4.78, 5) is 22.3. The molecule has 0 bridgehead atoms. The summed E-state index contributed by atoms with van der Waals surface area (Å²) in [5.41, 5.74) is 0.464. The molecular weight excluding hydrogens is 270 g/mol. The van der Waals surface area contributed by atoms with Gasteiger partial charge >= 0.3 is 0 Å². The van der Waals surface area contributed by atoms with E-state index in [1.54, 1.807) is 0 Å². The van der Waals surface area contributed by atoms with Gasteiger partial charge in [-0.2, -0.15) is 0 Å². The van der Waals surface area contributed by atoms with Gasteiger partial charge in [0.2, 0.25) is 5.95 Å². The highest BCUT2D eigenvalue weighted by atomic mass is 16.5. The number of ether oxygens (including phenoxy) is 1. The van der Waals surface area contributed by atoms with E-state index in [4.69, 9.17) is 4.74 Å². The van der Waals surface area contributed by atoms with E-state index >= 15 is 0 Å². The van der Waals surface area contributed by atoms with E-state index < -0.39 is 0 Å². The van der Waals surface area contributed by atoms with Gasteiger partial charge in [-0.15, -0.1) is 0 Å². The number of amides is 1. The summed E-state index contributed by atoms with van der Waals surface area (Å²) in [6.45, 7) is 2.99. The first-order valence-electron chi connectivity index (χ1n) is 7.25. The topological polar surface area (TPSA) is 79.4 Å². The Hall–Kier alpha value is -1.73. The number of rotatable bonds is 7. The highest BCUT2D eigenvalue weighted by Crippen LogP contribution is 2.10. The van der Waals surface area contributed by atoms with Gasteiger partial charge in [-0.3, -0.25) is 4.79 Å². The molecule has 2 N–H and O–H groups in total. The number of hydrogen-bond donors (Lipinski definition) is 2. The molecule has 1 aromatic rings. The largest absolute Gasteiger partial charge is 0.376 e. The third-order valence-electron chi connectivity index (χ3n) is 3.27. The average molecular weight is 293 g/mol. The zero-order chi connectivity index (χ0) is 15.1. The van der Waals surface area contributed by atoms with Crippen LogP contribution in [0.25, 0.3) is 0 Å². The molecule has 116 valence electrons. The van der Waals surface area contributed by atoms with Gasteiger partial charge in [0.25, 0.3) is 5.91 Å². The molecule has 0 aliphatic carbocycles. The van der Waals surface area contributed by atoms with E-state index in [1.165, 1.54) is 12.4 Å². The van der Waals surface area contributed by atoms with Crippen LogP contribution in [0, 0.1) is 0 Å². The van der Waals surface area contributed by atoms with Crippen molar-refractivity contribution in [1.82, 2.24) is 20.2 Å². The second-order valence-electron chi connectivity index (χ2n) is 5.37. The van der Waals surface area contributed by atoms with E-state index in [0.29, 0.717) is 18.1 Å². The quantitative estimate of drug-likeness (QED) is 0.755. The van der Waals surface area contributed by atoms with E-state index in [0.717, 1.165) is 32.5 Å². The van der Waals surface area contributed by atoms with Crippen molar-refractivity contribution in [1.29, 1.82) is 0 Å². The van der Waals surface area contributed by atoms with E-state index in [-0.39, 0.29) is 12.0 Å². The summed E-state index contributed by atoms with van der Waals surface area (Å²) in [6, 6.07) is 0. The van der Waals surface area contributed by atoms with E-state index in [2.05, 4.69) is 25.5 Å². The molecular formula is C14H23N5O2. The van der Waals surface area contributed by atoms with Crippen LogP contribution in [0.2, 0.25) is 0 Å². The van der Waals surface area contributed by atoms with Crippen molar-refractivity contribution in [3.63, 3.8) is 0 Å². The Morgan fingerprint density at radius 3 is 2.81 bits per heavy atom. The molecule has 1 saturated heterocycles. The smallest absolute Gasteiger partial charge is 0.254 e. The first-order chi connectivity index (χ1) is 10.1. The van der Waals surface area contributed by atoms with Gasteiger partial charge in [-0.25, -0.2) is 9.97 Å². The van der Waals surface area contributed by atoms with Crippen LogP contribution in [0.15, 0.2) is 12.4 Å². The van der Waals surface area contributed by atoms with Crippen molar-refractivity contribution >= 4 is 11.9 Å². The molecule has 1 unspecified atom stereocenters. The van der Waals surface area contributed by atoms with E-state index in [9.17, 15) is 4.79 Å². The van der Waals surface area contributed by atoms with Crippen LogP contribution < -0.4 is 10.6 Å². The highest BCUT2D eigenvalue weighted by molar-refractivity contribution is 5.93. The summed E-state index contributed by atoms with van der Waals surface area (Å²) in [5, 5.41) is 5.95. The second kappa shape index (κ2) is 7.90. The molecule has 1 aliphatic rings. The number of anilines is 1. The van der Waals surface area contributed by atoms with Gasteiger partial charge in [0, 0.05) is 38.6 Å². The van der Waals surface area contributed by atoms with Crippen molar-refractivity contribution in [2.24, 2.45) is 0 Å². The SMILES string of the molecule is CN(C)CCNc1ncc(C(=O)NCC2CCCO2)cn1. The van der Waals surface area contributed by atoms with Gasteiger partial charge in [-0.1, -0.05) is 0 Å². The molecule has 1 fully saturated rings. The summed E-state index contributed by atoms with van der Waals surface area (Å²) in [6.07, 6.45) is 5.29. The number of likely N-dealkylation sites (N-methyl/N-ethyl adjacent to an activating group) is 1. The van der Waals surface area contributed by atoms with Crippen LogP contribution in [-0.2, 0) is 4.74 Å². The predicted octanol–water partition coefficient (Wildman–Crippen LogP) is 0.359. The lowest BCUT2D eigenvalue weighted by Gasteiger charge is -2.11. The molecule has 7 heteroatoms. The minimum Gasteiger partial charge on any atom is -0.376 e. The van der Waals surface area contributed by atoms with Crippen molar-refractivity contribution < 1.29 is 9.53 Å². The minimum atomic E-state index is -0.162. The van der Waals surface area contributed by atoms with Crippen molar-refractivity contribution in [2.45, 2.75) is 18.9 Å². The van der Waals surface area contributed by atoms with Gasteiger partial charge in [0.05, 0.1) is 11.7 Å². The van der Waals surface area contributed by atoms with Crippen LogP contribution in [0.4, 0.5) is 5.95 Å². The molecule has 0 spiro atoms. The van der Waals surface area contributed by atoms with Crippen molar-refractivity contribution in [3.8, 4) is 0 Å². The van der Waals surface area contributed by atoms with Gasteiger partial charge in [0.1, 0.15) is 0 Å². The molecule has 2 heterocycles. The Morgan fingerprint density at radius 2 is 2.19 bits per heavy atom. The second-order valence-corrected chi connectivity index (χ2v) is 5.37. The molecule has 1 aliphatic heterocycles. The number of carbonyl (C=O) groups excluding carboxylic acids is 1. The average Bonchev–Trinajstić information content (AvgIpc) is 2.98. The fourth-order valence-corrected chi connectivity index (χ4v) is 2.04. The molecule has 0 radical (unpaired) electrons. The lowest BCUT2D eigenvalue weighted by molar-refractivity contribution is 0.0857. The molecule has 7 nitrogen and oxygen atoms in total. The van der Waals surface area contributed by atoms with Crippen LogP contribution in [-0.4, -0.2) is 67.2 Å². The maximum absolute atomic E-state index is 11.9. The number of nitrogens with zero attached hydrogens (tertiary/aromatic N) is 3. The molecule has 1 aromatic heterocycles. The molecule has 2 rings (SSSR count). The Balaban J connectivity index is 1.76. The fraction of sp³-hybridized carbons (Fsp3) is 0.643.